The van der Waals surface area contributed by atoms with Gasteiger partial charge in [0.15, 0.2) is 0 Å². The molecule has 6 atom stereocenters. The van der Waals surface area contributed by atoms with Crippen molar-refractivity contribution in [1.29, 1.82) is 0 Å². The van der Waals surface area contributed by atoms with E-state index in [0.29, 0.717) is 22.5 Å². The molecule has 3 aliphatic rings. The molecular weight excluding hydrogens is 256 g/mol. The second kappa shape index (κ2) is 5.10. The fraction of sp³-hybridized carbons (Fsp3) is 0.950. The lowest BCUT2D eigenvalue weighted by atomic mass is 9.46. The van der Waals surface area contributed by atoms with Gasteiger partial charge in [0, 0.05) is 5.92 Å². The molecule has 0 radical (unpaired) electrons. The van der Waals surface area contributed by atoms with Gasteiger partial charge in [-0.25, -0.2) is 0 Å². The molecule has 0 aromatic carbocycles. The standard InChI is InChI=1S/C20H34O/c1-13(2)16-7-11-20(5)17(16)8-10-19(4)9-6-15(14(3)21)12-18(19)20/h13,15-18H,6-12H2,1-5H3/t15?,16-,17+,18+,19-,20+/m0/s1. The third-order valence-electron chi connectivity index (χ3n) is 8.06. The first-order valence-electron chi connectivity index (χ1n) is 9.28. The average Bonchev–Trinajstić information content (AvgIpc) is 2.75. The Morgan fingerprint density at radius 1 is 1.05 bits per heavy atom. The largest absolute Gasteiger partial charge is 0.300 e. The highest BCUT2D eigenvalue weighted by Gasteiger charge is 2.59. The van der Waals surface area contributed by atoms with E-state index in [1.54, 1.807) is 0 Å². The van der Waals surface area contributed by atoms with Crippen LogP contribution in [-0.2, 0) is 4.79 Å². The maximum absolute atomic E-state index is 11.9. The van der Waals surface area contributed by atoms with E-state index in [4.69, 9.17) is 0 Å². The van der Waals surface area contributed by atoms with Gasteiger partial charge in [0.05, 0.1) is 0 Å². The topological polar surface area (TPSA) is 17.1 Å². The summed E-state index contributed by atoms with van der Waals surface area (Å²) in [4.78, 5) is 11.9. The molecule has 3 rings (SSSR count). The van der Waals surface area contributed by atoms with Crippen molar-refractivity contribution >= 4 is 5.78 Å². The Morgan fingerprint density at radius 3 is 2.33 bits per heavy atom. The van der Waals surface area contributed by atoms with Gasteiger partial charge >= 0.3 is 0 Å². The van der Waals surface area contributed by atoms with Crippen LogP contribution in [0, 0.1) is 40.4 Å². The van der Waals surface area contributed by atoms with E-state index < -0.39 is 0 Å². The van der Waals surface area contributed by atoms with E-state index in [1.165, 1.54) is 38.5 Å². The summed E-state index contributed by atoms with van der Waals surface area (Å²) in [6, 6.07) is 0. The second-order valence-electron chi connectivity index (χ2n) is 9.39. The van der Waals surface area contributed by atoms with Crippen LogP contribution in [0.25, 0.3) is 0 Å². The molecule has 0 bridgehead atoms. The first-order valence-corrected chi connectivity index (χ1v) is 9.28. The summed E-state index contributed by atoms with van der Waals surface area (Å²) in [6.45, 7) is 11.8. The SMILES string of the molecule is CC(=O)C1CC[C@@]2(C)CC[C@@H]3[C@H](C(C)C)CC[C@@]3(C)[C@@H]2C1. The highest BCUT2D eigenvalue weighted by molar-refractivity contribution is 5.78. The zero-order chi connectivity index (χ0) is 15.4. The maximum atomic E-state index is 11.9. The molecule has 0 aromatic heterocycles. The van der Waals surface area contributed by atoms with Crippen molar-refractivity contribution in [2.45, 2.75) is 79.6 Å². The lowest BCUT2D eigenvalue weighted by molar-refractivity contribution is -0.130. The number of hydrogen-bond acceptors (Lipinski definition) is 1. The third kappa shape index (κ3) is 2.30. The van der Waals surface area contributed by atoms with Crippen LogP contribution in [0.1, 0.15) is 79.6 Å². The van der Waals surface area contributed by atoms with Gasteiger partial charge in [-0.15, -0.1) is 0 Å². The van der Waals surface area contributed by atoms with Crippen LogP contribution in [0.2, 0.25) is 0 Å². The van der Waals surface area contributed by atoms with Gasteiger partial charge in [-0.3, -0.25) is 4.79 Å². The Balaban J connectivity index is 1.89. The van der Waals surface area contributed by atoms with E-state index >= 15 is 0 Å². The molecule has 1 nitrogen and oxygen atoms in total. The molecule has 1 heteroatoms. The summed E-state index contributed by atoms with van der Waals surface area (Å²) in [5.41, 5.74) is 1.03. The van der Waals surface area contributed by atoms with Crippen molar-refractivity contribution in [2.75, 3.05) is 0 Å². The predicted molar refractivity (Wildman–Crippen MR) is 88.0 cm³/mol. The molecule has 3 saturated carbocycles. The highest BCUT2D eigenvalue weighted by Crippen LogP contribution is 2.67. The van der Waals surface area contributed by atoms with Crippen molar-refractivity contribution in [2.24, 2.45) is 40.4 Å². The number of hydrogen-bond donors (Lipinski definition) is 0. The van der Waals surface area contributed by atoms with Crippen molar-refractivity contribution in [1.82, 2.24) is 0 Å². The van der Waals surface area contributed by atoms with Gasteiger partial charge in [0.1, 0.15) is 5.78 Å². The minimum atomic E-state index is 0.358. The first kappa shape index (κ1) is 15.6. The predicted octanol–water partition coefficient (Wildman–Crippen LogP) is 5.48. The van der Waals surface area contributed by atoms with Crippen molar-refractivity contribution in [3.8, 4) is 0 Å². The van der Waals surface area contributed by atoms with Crippen molar-refractivity contribution in [3.05, 3.63) is 0 Å². The van der Waals surface area contributed by atoms with Gasteiger partial charge in [0.25, 0.3) is 0 Å². The first-order chi connectivity index (χ1) is 9.78. The van der Waals surface area contributed by atoms with Crippen molar-refractivity contribution in [3.63, 3.8) is 0 Å². The lowest BCUT2D eigenvalue weighted by Gasteiger charge is -2.58. The van der Waals surface area contributed by atoms with E-state index in [9.17, 15) is 4.79 Å². The number of carbonyl (C=O) groups excluding carboxylic acids is 1. The molecule has 3 fully saturated rings. The number of rotatable bonds is 2. The van der Waals surface area contributed by atoms with Gasteiger partial charge in [-0.2, -0.15) is 0 Å². The summed E-state index contributed by atoms with van der Waals surface area (Å²) in [5, 5.41) is 0. The lowest BCUT2D eigenvalue weighted by Crippen LogP contribution is -2.51. The molecule has 21 heavy (non-hydrogen) atoms. The summed E-state index contributed by atoms with van der Waals surface area (Å²) in [5.74, 6) is 4.26. The Kier molecular flexibility index (Phi) is 3.78. The van der Waals surface area contributed by atoms with E-state index in [0.717, 1.165) is 30.1 Å². The van der Waals surface area contributed by atoms with Crippen LogP contribution in [-0.4, -0.2) is 5.78 Å². The number of ketones is 1. The fourth-order valence-corrected chi connectivity index (χ4v) is 6.71. The molecule has 3 aliphatic carbocycles. The zero-order valence-corrected chi connectivity index (χ0v) is 14.7. The molecular formula is C20H34O. The molecule has 0 heterocycles. The van der Waals surface area contributed by atoms with Gasteiger partial charge < -0.3 is 0 Å². The van der Waals surface area contributed by atoms with Gasteiger partial charge in [-0.1, -0.05) is 27.7 Å². The van der Waals surface area contributed by atoms with Crippen molar-refractivity contribution < 1.29 is 4.79 Å². The average molecular weight is 290 g/mol. The summed E-state index contributed by atoms with van der Waals surface area (Å²) < 4.78 is 0. The Bertz CT molecular complexity index is 426. The summed E-state index contributed by atoms with van der Waals surface area (Å²) in [7, 11) is 0. The molecule has 1 unspecified atom stereocenters. The molecule has 120 valence electrons. The van der Waals surface area contributed by atoms with Crippen LogP contribution < -0.4 is 0 Å². The van der Waals surface area contributed by atoms with Crippen LogP contribution in [0.4, 0.5) is 0 Å². The Hall–Kier alpha value is -0.330. The van der Waals surface area contributed by atoms with Crippen LogP contribution in [0.15, 0.2) is 0 Å². The summed E-state index contributed by atoms with van der Waals surface area (Å²) in [6.07, 6.45) is 9.31. The Labute approximate surface area is 131 Å². The normalized spacial score (nSPS) is 49.8. The number of fused-ring (bicyclic) bond motifs is 3. The number of carbonyl (C=O) groups is 1. The summed E-state index contributed by atoms with van der Waals surface area (Å²) >= 11 is 0. The zero-order valence-electron chi connectivity index (χ0n) is 14.7. The smallest absolute Gasteiger partial charge is 0.132 e. The Morgan fingerprint density at radius 2 is 1.71 bits per heavy atom. The quantitative estimate of drug-likeness (QED) is 0.658. The van der Waals surface area contributed by atoms with Crippen LogP contribution in [0.3, 0.4) is 0 Å². The van der Waals surface area contributed by atoms with Crippen LogP contribution >= 0.6 is 0 Å². The molecule has 0 aromatic rings. The van der Waals surface area contributed by atoms with E-state index in [-0.39, 0.29) is 0 Å². The molecule has 0 N–H and O–H groups in total. The van der Waals surface area contributed by atoms with E-state index in [2.05, 4.69) is 27.7 Å². The van der Waals surface area contributed by atoms with Gasteiger partial charge in [0.2, 0.25) is 0 Å². The number of Topliss-reactive ketones (excluding diaryl/α,β-unsaturated/α-hetero) is 1. The monoisotopic (exact) mass is 290 g/mol. The molecule has 0 saturated heterocycles. The minimum Gasteiger partial charge on any atom is -0.300 e. The maximum Gasteiger partial charge on any atom is 0.132 e. The van der Waals surface area contributed by atoms with Crippen LogP contribution in [0.5, 0.6) is 0 Å². The molecule has 0 spiro atoms. The van der Waals surface area contributed by atoms with Gasteiger partial charge in [-0.05, 0) is 86.4 Å². The highest BCUT2D eigenvalue weighted by atomic mass is 16.1. The minimum absolute atomic E-state index is 0.358. The second-order valence-corrected chi connectivity index (χ2v) is 9.39. The molecule has 0 aliphatic heterocycles. The fourth-order valence-electron chi connectivity index (χ4n) is 6.71. The molecule has 0 amide bonds. The van der Waals surface area contributed by atoms with E-state index in [1.807, 2.05) is 6.92 Å². The third-order valence-corrected chi connectivity index (χ3v) is 8.06.